The minimum absolute atomic E-state index is 0. The average Bonchev–Trinajstić information content (AvgIpc) is 3.10. The van der Waals surface area contributed by atoms with Crippen LogP contribution in [0.5, 0.6) is 0 Å². The molecule has 1 N–H and O–H groups in total. The maximum Gasteiger partial charge on any atom is 0.193 e. The van der Waals surface area contributed by atoms with Crippen molar-refractivity contribution in [1.29, 1.82) is 0 Å². The summed E-state index contributed by atoms with van der Waals surface area (Å²) in [7, 11) is 0. The van der Waals surface area contributed by atoms with Gasteiger partial charge in [-0.3, -0.25) is 4.99 Å². The number of halogens is 1. The molecule has 2 unspecified atom stereocenters. The fourth-order valence-electron chi connectivity index (χ4n) is 3.01. The third-order valence-electron chi connectivity index (χ3n) is 4.56. The lowest BCUT2D eigenvalue weighted by Crippen LogP contribution is -2.49. The van der Waals surface area contributed by atoms with Gasteiger partial charge in [0, 0.05) is 56.3 Å². The Morgan fingerprint density at radius 2 is 2.28 bits per heavy atom. The van der Waals surface area contributed by atoms with E-state index >= 15 is 0 Å². The Morgan fingerprint density at radius 1 is 1.44 bits per heavy atom. The first-order valence-corrected chi connectivity index (χ1v) is 10.6. The van der Waals surface area contributed by atoms with E-state index in [9.17, 15) is 0 Å². The van der Waals surface area contributed by atoms with Crippen molar-refractivity contribution in [3.8, 4) is 0 Å². The maximum atomic E-state index is 5.77. The van der Waals surface area contributed by atoms with Gasteiger partial charge in [0.25, 0.3) is 0 Å². The third-order valence-corrected chi connectivity index (χ3v) is 6.10. The molecule has 0 amide bonds. The standard InChI is InChI=1S/C18H35N3O2S.HI/c1-4-19-18(21-8-11-24-17(12-21)15(2)3)20-7-5-9-22-13-16-6-10-23-14-16;/h15-17H,4-14H2,1-3H3,(H,19,20);1H. The van der Waals surface area contributed by atoms with Gasteiger partial charge in [-0.25, -0.2) is 0 Å². The molecule has 2 aliphatic heterocycles. The van der Waals surface area contributed by atoms with Gasteiger partial charge in [0.15, 0.2) is 5.96 Å². The number of aliphatic imine (C=N–C) groups is 1. The highest BCUT2D eigenvalue weighted by molar-refractivity contribution is 14.0. The van der Waals surface area contributed by atoms with Crippen molar-refractivity contribution in [2.24, 2.45) is 16.8 Å². The Morgan fingerprint density at radius 3 is 2.96 bits per heavy atom. The van der Waals surface area contributed by atoms with E-state index in [0.29, 0.717) is 17.1 Å². The van der Waals surface area contributed by atoms with Crippen molar-refractivity contribution in [3.63, 3.8) is 0 Å². The fraction of sp³-hybridized carbons (Fsp3) is 0.944. The first-order chi connectivity index (χ1) is 11.7. The van der Waals surface area contributed by atoms with Gasteiger partial charge in [-0.1, -0.05) is 13.8 Å². The normalized spacial score (nSPS) is 24.5. The van der Waals surface area contributed by atoms with Gasteiger partial charge >= 0.3 is 0 Å². The van der Waals surface area contributed by atoms with Crippen LogP contribution >= 0.6 is 35.7 Å². The molecule has 2 atom stereocenters. The molecule has 0 aromatic heterocycles. The van der Waals surface area contributed by atoms with Crippen molar-refractivity contribution in [3.05, 3.63) is 0 Å². The summed E-state index contributed by atoms with van der Waals surface area (Å²) in [6.07, 6.45) is 2.13. The van der Waals surface area contributed by atoms with E-state index in [1.54, 1.807) is 0 Å². The molecule has 0 spiro atoms. The second-order valence-corrected chi connectivity index (χ2v) is 8.34. The molecule has 0 saturated carbocycles. The second-order valence-electron chi connectivity index (χ2n) is 6.99. The molecular formula is C18H36IN3O2S. The van der Waals surface area contributed by atoms with Gasteiger partial charge in [0.05, 0.1) is 13.2 Å². The summed E-state index contributed by atoms with van der Waals surface area (Å²) in [4.78, 5) is 7.25. The van der Waals surface area contributed by atoms with E-state index < -0.39 is 0 Å². The summed E-state index contributed by atoms with van der Waals surface area (Å²) >= 11 is 2.10. The zero-order chi connectivity index (χ0) is 17.2. The van der Waals surface area contributed by atoms with Crippen LogP contribution in [-0.2, 0) is 9.47 Å². The highest BCUT2D eigenvalue weighted by Gasteiger charge is 2.24. The molecule has 148 valence electrons. The van der Waals surface area contributed by atoms with E-state index in [-0.39, 0.29) is 24.0 Å². The van der Waals surface area contributed by atoms with E-state index in [4.69, 9.17) is 14.5 Å². The fourth-order valence-corrected chi connectivity index (χ4v) is 4.31. The summed E-state index contributed by atoms with van der Waals surface area (Å²) in [6.45, 7) is 14.1. The lowest BCUT2D eigenvalue weighted by Gasteiger charge is -2.36. The van der Waals surface area contributed by atoms with Gasteiger partial charge in [0.1, 0.15) is 0 Å². The summed E-state index contributed by atoms with van der Waals surface area (Å²) in [5.41, 5.74) is 0. The second kappa shape index (κ2) is 13.4. The predicted octanol–water partition coefficient (Wildman–Crippen LogP) is 3.09. The number of thioether (sulfide) groups is 1. The molecule has 7 heteroatoms. The molecule has 2 rings (SSSR count). The predicted molar refractivity (Wildman–Crippen MR) is 118 cm³/mol. The first-order valence-electron chi connectivity index (χ1n) is 9.51. The van der Waals surface area contributed by atoms with E-state index in [1.165, 1.54) is 5.75 Å². The van der Waals surface area contributed by atoms with Crippen LogP contribution in [0.2, 0.25) is 0 Å². The number of nitrogens with one attached hydrogen (secondary N) is 1. The third kappa shape index (κ3) is 8.67. The zero-order valence-corrected chi connectivity index (χ0v) is 19.2. The van der Waals surface area contributed by atoms with Crippen molar-refractivity contribution in [1.82, 2.24) is 10.2 Å². The largest absolute Gasteiger partial charge is 0.381 e. The van der Waals surface area contributed by atoms with E-state index in [0.717, 1.165) is 71.4 Å². The van der Waals surface area contributed by atoms with Gasteiger partial charge < -0.3 is 19.7 Å². The zero-order valence-electron chi connectivity index (χ0n) is 16.0. The number of hydrogen-bond acceptors (Lipinski definition) is 4. The molecule has 2 aliphatic rings. The van der Waals surface area contributed by atoms with Crippen LogP contribution in [0.4, 0.5) is 0 Å². The van der Waals surface area contributed by atoms with Crippen LogP contribution in [-0.4, -0.2) is 74.5 Å². The van der Waals surface area contributed by atoms with Crippen molar-refractivity contribution < 1.29 is 9.47 Å². The average molecular weight is 485 g/mol. The number of rotatable bonds is 8. The van der Waals surface area contributed by atoms with Crippen molar-refractivity contribution in [2.45, 2.75) is 38.9 Å². The minimum Gasteiger partial charge on any atom is -0.381 e. The SMILES string of the molecule is CCNC(=NCCCOCC1CCOC1)N1CCSC(C(C)C)C1.I. The number of ether oxygens (including phenoxy) is 2. The van der Waals surface area contributed by atoms with Crippen LogP contribution in [0, 0.1) is 11.8 Å². The van der Waals surface area contributed by atoms with Crippen LogP contribution in [0.3, 0.4) is 0 Å². The molecule has 0 aromatic carbocycles. The van der Waals surface area contributed by atoms with Gasteiger partial charge in [-0.05, 0) is 25.7 Å². The van der Waals surface area contributed by atoms with Gasteiger partial charge in [0.2, 0.25) is 0 Å². The molecule has 2 heterocycles. The molecule has 2 fully saturated rings. The van der Waals surface area contributed by atoms with Crippen molar-refractivity contribution in [2.75, 3.05) is 58.4 Å². The summed E-state index contributed by atoms with van der Waals surface area (Å²) in [6, 6.07) is 0. The molecule has 0 aliphatic carbocycles. The Labute approximate surface area is 175 Å². The minimum atomic E-state index is 0. The van der Waals surface area contributed by atoms with Gasteiger partial charge in [-0.15, -0.1) is 24.0 Å². The monoisotopic (exact) mass is 485 g/mol. The maximum absolute atomic E-state index is 5.77. The Kier molecular flexibility index (Phi) is 12.5. The lowest BCUT2D eigenvalue weighted by molar-refractivity contribution is 0.0893. The Bertz CT molecular complexity index is 379. The molecule has 0 bridgehead atoms. The summed E-state index contributed by atoms with van der Waals surface area (Å²) in [5, 5.41) is 4.16. The van der Waals surface area contributed by atoms with E-state index in [1.807, 2.05) is 0 Å². The molecule has 0 aromatic rings. The molecule has 0 radical (unpaired) electrons. The van der Waals surface area contributed by atoms with Crippen molar-refractivity contribution >= 4 is 41.7 Å². The quantitative estimate of drug-likeness (QED) is 0.248. The van der Waals surface area contributed by atoms with Crippen LogP contribution in [0.25, 0.3) is 0 Å². The number of guanidine groups is 1. The molecule has 5 nitrogen and oxygen atoms in total. The van der Waals surface area contributed by atoms with Crippen LogP contribution < -0.4 is 5.32 Å². The summed E-state index contributed by atoms with van der Waals surface area (Å²) < 4.78 is 11.1. The molecular weight excluding hydrogens is 449 g/mol. The molecule has 25 heavy (non-hydrogen) atoms. The highest BCUT2D eigenvalue weighted by atomic mass is 127. The summed E-state index contributed by atoms with van der Waals surface area (Å²) in [5.74, 6) is 3.59. The van der Waals surface area contributed by atoms with Crippen LogP contribution in [0.15, 0.2) is 4.99 Å². The van der Waals surface area contributed by atoms with E-state index in [2.05, 4.69) is 42.7 Å². The molecule has 2 saturated heterocycles. The first kappa shape index (κ1) is 23.3. The number of hydrogen-bond donors (Lipinski definition) is 1. The Hall–Kier alpha value is 0.270. The smallest absolute Gasteiger partial charge is 0.193 e. The topological polar surface area (TPSA) is 46.1 Å². The van der Waals surface area contributed by atoms with Crippen LogP contribution in [0.1, 0.15) is 33.6 Å². The lowest BCUT2D eigenvalue weighted by atomic mass is 10.1. The highest BCUT2D eigenvalue weighted by Crippen LogP contribution is 2.24. The van der Waals surface area contributed by atoms with Gasteiger partial charge in [-0.2, -0.15) is 11.8 Å². The Balaban J connectivity index is 0.00000312. The number of nitrogens with zero attached hydrogens (tertiary/aromatic N) is 2.